The van der Waals surface area contributed by atoms with Crippen LogP contribution in [0.15, 0.2) is 22.7 Å². The molecule has 27 heavy (non-hydrogen) atoms. The van der Waals surface area contributed by atoms with Gasteiger partial charge in [0, 0.05) is 25.0 Å². The molecule has 1 saturated heterocycles. The lowest BCUT2D eigenvalue weighted by molar-refractivity contribution is -0.139. The predicted octanol–water partition coefficient (Wildman–Crippen LogP) is 1.87. The van der Waals surface area contributed by atoms with E-state index < -0.39 is 11.5 Å². The first-order valence-electron chi connectivity index (χ1n) is 8.57. The van der Waals surface area contributed by atoms with Crippen LogP contribution in [0.1, 0.15) is 30.7 Å². The van der Waals surface area contributed by atoms with Crippen molar-refractivity contribution in [1.29, 1.82) is 0 Å². The number of carbonyl (C=O) groups is 2. The predicted molar refractivity (Wildman–Crippen MR) is 91.3 cm³/mol. The number of carboxylic acid groups (broad SMARTS) is 1. The van der Waals surface area contributed by atoms with Crippen molar-refractivity contribution >= 4 is 11.9 Å². The number of halogens is 1. The molecule has 1 aliphatic rings. The van der Waals surface area contributed by atoms with Gasteiger partial charge in [0.05, 0.1) is 18.6 Å². The highest BCUT2D eigenvalue weighted by Gasteiger charge is 2.38. The van der Waals surface area contributed by atoms with E-state index in [0.29, 0.717) is 24.2 Å². The maximum atomic E-state index is 13.7. The second-order valence-electron chi connectivity index (χ2n) is 6.68. The van der Waals surface area contributed by atoms with E-state index in [9.17, 15) is 14.0 Å². The van der Waals surface area contributed by atoms with Crippen LogP contribution in [-0.4, -0.2) is 45.9 Å². The van der Waals surface area contributed by atoms with Gasteiger partial charge in [-0.15, -0.1) is 0 Å². The number of nitrogens with zero attached hydrogens (tertiary/aromatic N) is 2. The van der Waals surface area contributed by atoms with Crippen molar-refractivity contribution < 1.29 is 28.3 Å². The smallest absolute Gasteiger partial charge is 0.305 e. The van der Waals surface area contributed by atoms with Crippen LogP contribution in [0.5, 0.6) is 0 Å². The third kappa shape index (κ3) is 4.68. The summed E-state index contributed by atoms with van der Waals surface area (Å²) in [6.45, 7) is 2.24. The second kappa shape index (κ2) is 7.83. The lowest BCUT2D eigenvalue weighted by Gasteiger charge is -2.26. The molecule has 0 saturated carbocycles. The first-order valence-corrected chi connectivity index (χ1v) is 8.57. The standard InChI is InChI=1S/C18H20FN3O5/c1-11-2-3-12(8-13(11)19)17-20-15(27-22-17)5-4-14(23)21-18(9-16(24)25)6-7-26-10-18/h2-3,8H,4-7,9-10H2,1H3,(H,21,23)(H,24,25). The van der Waals surface area contributed by atoms with Gasteiger partial charge in [0.2, 0.25) is 17.6 Å². The summed E-state index contributed by atoms with van der Waals surface area (Å²) in [4.78, 5) is 27.4. The van der Waals surface area contributed by atoms with Gasteiger partial charge in [-0.25, -0.2) is 4.39 Å². The van der Waals surface area contributed by atoms with Crippen molar-refractivity contribution in [2.75, 3.05) is 13.2 Å². The summed E-state index contributed by atoms with van der Waals surface area (Å²) >= 11 is 0. The number of aliphatic carboxylic acids is 1. The summed E-state index contributed by atoms with van der Waals surface area (Å²) in [5, 5.41) is 15.6. The Balaban J connectivity index is 1.58. The number of ether oxygens (including phenoxy) is 1. The van der Waals surface area contributed by atoms with Crippen LogP contribution in [-0.2, 0) is 20.7 Å². The van der Waals surface area contributed by atoms with E-state index in [1.165, 1.54) is 6.07 Å². The first-order chi connectivity index (χ1) is 12.9. The number of benzene rings is 1. The molecule has 1 unspecified atom stereocenters. The molecule has 0 radical (unpaired) electrons. The minimum Gasteiger partial charge on any atom is -0.481 e. The number of carbonyl (C=O) groups excluding carboxylic acids is 1. The summed E-state index contributed by atoms with van der Waals surface area (Å²) in [7, 11) is 0. The van der Waals surface area contributed by atoms with Crippen molar-refractivity contribution in [2.45, 2.75) is 38.1 Å². The summed E-state index contributed by atoms with van der Waals surface area (Å²) in [6, 6.07) is 4.64. The normalized spacial score (nSPS) is 19.2. The SMILES string of the molecule is Cc1ccc(-c2noc(CCC(=O)NC3(CC(=O)O)CCOC3)n2)cc1F. The highest BCUT2D eigenvalue weighted by Crippen LogP contribution is 2.23. The number of nitrogens with one attached hydrogen (secondary N) is 1. The lowest BCUT2D eigenvalue weighted by Crippen LogP contribution is -2.50. The summed E-state index contributed by atoms with van der Waals surface area (Å²) in [5.74, 6) is -1.18. The molecular formula is C18H20FN3O5. The molecule has 1 amide bonds. The topological polar surface area (TPSA) is 115 Å². The number of hydrogen-bond acceptors (Lipinski definition) is 6. The van der Waals surface area contributed by atoms with Gasteiger partial charge in [-0.3, -0.25) is 9.59 Å². The lowest BCUT2D eigenvalue weighted by atomic mass is 9.94. The van der Waals surface area contributed by atoms with Crippen LogP contribution in [0.4, 0.5) is 4.39 Å². The molecular weight excluding hydrogens is 357 g/mol. The van der Waals surface area contributed by atoms with E-state index in [-0.39, 0.29) is 49.3 Å². The minimum absolute atomic E-state index is 0.0608. The molecule has 2 aromatic rings. The van der Waals surface area contributed by atoms with Crippen LogP contribution >= 0.6 is 0 Å². The van der Waals surface area contributed by atoms with E-state index in [2.05, 4.69) is 15.5 Å². The van der Waals surface area contributed by atoms with Crippen molar-refractivity contribution in [2.24, 2.45) is 0 Å². The molecule has 1 fully saturated rings. The van der Waals surface area contributed by atoms with Crippen molar-refractivity contribution in [1.82, 2.24) is 15.5 Å². The van der Waals surface area contributed by atoms with Crippen molar-refractivity contribution in [3.8, 4) is 11.4 Å². The van der Waals surface area contributed by atoms with Gasteiger partial charge >= 0.3 is 5.97 Å². The van der Waals surface area contributed by atoms with Crippen LogP contribution in [0, 0.1) is 12.7 Å². The third-order valence-corrected chi connectivity index (χ3v) is 4.46. The monoisotopic (exact) mass is 377 g/mol. The van der Waals surface area contributed by atoms with E-state index in [1.54, 1.807) is 19.1 Å². The fourth-order valence-corrected chi connectivity index (χ4v) is 2.96. The number of carboxylic acids is 1. The Hall–Kier alpha value is -2.81. The van der Waals surface area contributed by atoms with E-state index in [1.807, 2.05) is 0 Å². The molecule has 0 spiro atoms. The number of aromatic nitrogens is 2. The Kier molecular flexibility index (Phi) is 5.50. The highest BCUT2D eigenvalue weighted by atomic mass is 19.1. The van der Waals surface area contributed by atoms with Gasteiger partial charge in [-0.1, -0.05) is 17.3 Å². The molecule has 144 valence electrons. The van der Waals surface area contributed by atoms with Gasteiger partial charge < -0.3 is 19.7 Å². The Bertz CT molecular complexity index is 845. The molecule has 9 heteroatoms. The molecule has 3 rings (SSSR count). The summed E-state index contributed by atoms with van der Waals surface area (Å²) in [5.41, 5.74) is 0.133. The maximum absolute atomic E-state index is 13.7. The van der Waals surface area contributed by atoms with E-state index in [0.717, 1.165) is 0 Å². The fraction of sp³-hybridized carbons (Fsp3) is 0.444. The zero-order chi connectivity index (χ0) is 19.4. The van der Waals surface area contributed by atoms with Crippen molar-refractivity contribution in [3.63, 3.8) is 0 Å². The van der Waals surface area contributed by atoms with Crippen LogP contribution in [0.3, 0.4) is 0 Å². The Labute approximate surface area is 154 Å². The molecule has 1 atom stereocenters. The molecule has 2 N–H and O–H groups in total. The van der Waals surface area contributed by atoms with Gasteiger partial charge in [0.15, 0.2) is 0 Å². The van der Waals surface area contributed by atoms with E-state index in [4.69, 9.17) is 14.4 Å². The Morgan fingerprint density at radius 1 is 1.41 bits per heavy atom. The van der Waals surface area contributed by atoms with Gasteiger partial charge in [-0.2, -0.15) is 4.98 Å². The zero-order valence-electron chi connectivity index (χ0n) is 14.8. The molecule has 8 nitrogen and oxygen atoms in total. The second-order valence-corrected chi connectivity index (χ2v) is 6.68. The molecule has 0 bridgehead atoms. The zero-order valence-corrected chi connectivity index (χ0v) is 14.8. The van der Waals surface area contributed by atoms with Crippen LogP contribution < -0.4 is 5.32 Å². The summed E-state index contributed by atoms with van der Waals surface area (Å²) in [6.07, 6.45) is 0.514. The first kappa shape index (κ1) is 19.0. The quantitative estimate of drug-likeness (QED) is 0.757. The minimum atomic E-state index is -0.993. The van der Waals surface area contributed by atoms with Crippen LogP contribution in [0.2, 0.25) is 0 Å². The molecule has 0 aliphatic carbocycles. The average Bonchev–Trinajstić information content (AvgIpc) is 3.25. The van der Waals surface area contributed by atoms with E-state index >= 15 is 0 Å². The molecule has 1 aliphatic heterocycles. The van der Waals surface area contributed by atoms with Crippen molar-refractivity contribution in [3.05, 3.63) is 35.5 Å². The molecule has 1 aromatic carbocycles. The fourth-order valence-electron chi connectivity index (χ4n) is 2.96. The number of aryl methyl sites for hydroxylation is 2. The number of rotatable bonds is 7. The summed E-state index contributed by atoms with van der Waals surface area (Å²) < 4.78 is 24.0. The largest absolute Gasteiger partial charge is 0.481 e. The van der Waals surface area contributed by atoms with Gasteiger partial charge in [0.1, 0.15) is 5.82 Å². The van der Waals surface area contributed by atoms with Crippen LogP contribution in [0.25, 0.3) is 11.4 Å². The van der Waals surface area contributed by atoms with Gasteiger partial charge in [0.25, 0.3) is 0 Å². The Morgan fingerprint density at radius 2 is 2.22 bits per heavy atom. The highest BCUT2D eigenvalue weighted by molar-refractivity contribution is 5.78. The Morgan fingerprint density at radius 3 is 2.89 bits per heavy atom. The molecule has 1 aromatic heterocycles. The van der Waals surface area contributed by atoms with Gasteiger partial charge in [-0.05, 0) is 25.0 Å². The molecule has 2 heterocycles. The third-order valence-electron chi connectivity index (χ3n) is 4.46. The number of hydrogen-bond donors (Lipinski definition) is 2. The average molecular weight is 377 g/mol. The maximum Gasteiger partial charge on any atom is 0.305 e. The number of amides is 1.